The normalized spacial score (nSPS) is 28.6. The van der Waals surface area contributed by atoms with Gasteiger partial charge in [0.25, 0.3) is 0 Å². The van der Waals surface area contributed by atoms with Gasteiger partial charge >= 0.3 is 0 Å². The lowest BCUT2D eigenvalue weighted by atomic mass is 9.73. The summed E-state index contributed by atoms with van der Waals surface area (Å²) in [6.07, 6.45) is 7.25. The first kappa shape index (κ1) is 12.5. The molecule has 0 bridgehead atoms. The first-order chi connectivity index (χ1) is 7.42. The van der Waals surface area contributed by atoms with Gasteiger partial charge in [-0.05, 0) is 43.8 Å². The van der Waals surface area contributed by atoms with Crippen LogP contribution >= 0.6 is 22.6 Å². The van der Waals surface area contributed by atoms with E-state index in [-0.39, 0.29) is 0 Å². The minimum Gasteiger partial charge on any atom is -0.369 e. The molecular weight excluding hydrogens is 309 g/mol. The van der Waals surface area contributed by atoms with E-state index in [0.29, 0.717) is 15.4 Å². The highest BCUT2D eigenvalue weighted by Crippen LogP contribution is 2.44. The van der Waals surface area contributed by atoms with Crippen molar-refractivity contribution in [2.24, 2.45) is 5.41 Å². The summed E-state index contributed by atoms with van der Waals surface area (Å²) in [6.45, 7) is 10.6. The maximum atomic E-state index is 2.57. The lowest BCUT2D eigenvalue weighted by Crippen LogP contribution is -2.41. The van der Waals surface area contributed by atoms with Crippen LogP contribution in [0.25, 0.3) is 0 Å². The van der Waals surface area contributed by atoms with Crippen LogP contribution in [0.3, 0.4) is 0 Å². The van der Waals surface area contributed by atoms with Crippen molar-refractivity contribution in [2.45, 2.75) is 50.5 Å². The molecule has 0 fully saturated rings. The van der Waals surface area contributed by atoms with E-state index >= 15 is 0 Å². The molecule has 90 valence electrons. The average molecular weight is 331 g/mol. The fourth-order valence-corrected chi connectivity index (χ4v) is 3.41. The molecule has 2 heteroatoms. The van der Waals surface area contributed by atoms with Crippen LogP contribution in [0.15, 0.2) is 23.4 Å². The monoisotopic (exact) mass is 331 g/mol. The molecule has 0 N–H and O–H groups in total. The molecule has 0 saturated carbocycles. The van der Waals surface area contributed by atoms with Crippen LogP contribution in [-0.4, -0.2) is 21.4 Å². The Bertz CT molecular complexity index is 339. The molecule has 2 aliphatic rings. The van der Waals surface area contributed by atoms with Gasteiger partial charge in [-0.25, -0.2) is 0 Å². The van der Waals surface area contributed by atoms with Crippen LogP contribution in [-0.2, 0) is 0 Å². The second-order valence-electron chi connectivity index (χ2n) is 5.86. The van der Waals surface area contributed by atoms with E-state index in [1.807, 2.05) is 0 Å². The van der Waals surface area contributed by atoms with Crippen LogP contribution in [0.4, 0.5) is 0 Å². The summed E-state index contributed by atoms with van der Waals surface area (Å²) in [7, 11) is 0. The lowest BCUT2D eigenvalue weighted by Gasteiger charge is -2.45. The Balaban J connectivity index is 2.40. The Morgan fingerprint density at radius 2 is 2.12 bits per heavy atom. The maximum Gasteiger partial charge on any atom is 0.0363 e. The minimum absolute atomic E-state index is 0.398. The van der Waals surface area contributed by atoms with Crippen molar-refractivity contribution in [3.63, 3.8) is 0 Å². The summed E-state index contributed by atoms with van der Waals surface area (Å²) in [4.78, 5) is 2.57. The molecule has 1 nitrogen and oxygen atoms in total. The molecule has 0 aromatic rings. The summed E-state index contributed by atoms with van der Waals surface area (Å²) in [5.74, 6) is 0. The van der Waals surface area contributed by atoms with Crippen molar-refractivity contribution in [1.82, 2.24) is 4.90 Å². The van der Waals surface area contributed by atoms with Crippen LogP contribution < -0.4 is 0 Å². The molecule has 16 heavy (non-hydrogen) atoms. The number of rotatable bonds is 1. The van der Waals surface area contributed by atoms with Crippen molar-refractivity contribution < 1.29 is 0 Å². The molecule has 0 saturated heterocycles. The zero-order chi connectivity index (χ0) is 11.9. The third-order valence-corrected chi connectivity index (χ3v) is 4.75. The first-order valence-electron chi connectivity index (χ1n) is 6.24. The molecule has 1 atom stereocenters. The predicted molar refractivity (Wildman–Crippen MR) is 78.8 cm³/mol. The fraction of sp³-hybridized carbons (Fsp3) is 0.714. The van der Waals surface area contributed by atoms with Crippen molar-refractivity contribution >= 4 is 22.6 Å². The molecule has 0 spiro atoms. The number of alkyl halides is 1. The number of hydrogen-bond acceptors (Lipinski definition) is 1. The largest absolute Gasteiger partial charge is 0.369 e. The van der Waals surface area contributed by atoms with E-state index in [0.717, 1.165) is 0 Å². The quantitative estimate of drug-likeness (QED) is 0.515. The second kappa shape index (κ2) is 4.35. The lowest BCUT2D eigenvalue weighted by molar-refractivity contribution is 0.206. The Labute approximate surface area is 113 Å². The third kappa shape index (κ3) is 2.18. The van der Waals surface area contributed by atoms with Gasteiger partial charge in [0.2, 0.25) is 0 Å². The minimum atomic E-state index is 0.398. The summed E-state index contributed by atoms with van der Waals surface area (Å²) in [5.41, 5.74) is 3.59. The van der Waals surface area contributed by atoms with Gasteiger partial charge in [0.05, 0.1) is 0 Å². The van der Waals surface area contributed by atoms with Crippen molar-refractivity contribution in [3.8, 4) is 0 Å². The highest BCUT2D eigenvalue weighted by atomic mass is 127. The van der Waals surface area contributed by atoms with Gasteiger partial charge in [-0.2, -0.15) is 0 Å². The first-order valence-corrected chi connectivity index (χ1v) is 7.49. The highest BCUT2D eigenvalue weighted by molar-refractivity contribution is 14.1. The number of nitrogens with zero attached hydrogens (tertiary/aromatic N) is 1. The summed E-state index contributed by atoms with van der Waals surface area (Å²) >= 11 is 2.55. The van der Waals surface area contributed by atoms with E-state index < -0.39 is 0 Å². The van der Waals surface area contributed by atoms with Crippen molar-refractivity contribution in [2.75, 3.05) is 6.54 Å². The summed E-state index contributed by atoms with van der Waals surface area (Å²) in [6, 6.07) is 0.622. The molecular formula is C14H22IN. The predicted octanol–water partition coefficient (Wildman–Crippen LogP) is 4.14. The molecule has 1 aliphatic carbocycles. The third-order valence-electron chi connectivity index (χ3n) is 3.90. The zero-order valence-electron chi connectivity index (χ0n) is 10.8. The average Bonchev–Trinajstić information content (AvgIpc) is 2.18. The van der Waals surface area contributed by atoms with Gasteiger partial charge in [0.15, 0.2) is 0 Å². The van der Waals surface area contributed by atoms with Crippen LogP contribution in [0.5, 0.6) is 0 Å². The molecule has 1 unspecified atom stereocenters. The summed E-state index contributed by atoms with van der Waals surface area (Å²) in [5, 5.41) is 0. The van der Waals surface area contributed by atoms with Crippen LogP contribution in [0.2, 0.25) is 0 Å². The number of halogens is 1. The molecule has 0 aromatic carbocycles. The van der Waals surface area contributed by atoms with Crippen LogP contribution in [0.1, 0.15) is 40.5 Å². The van der Waals surface area contributed by atoms with Crippen LogP contribution in [0, 0.1) is 5.41 Å². The van der Waals surface area contributed by atoms with E-state index in [9.17, 15) is 0 Å². The Morgan fingerprint density at radius 3 is 2.75 bits per heavy atom. The van der Waals surface area contributed by atoms with Crippen molar-refractivity contribution in [3.05, 3.63) is 23.4 Å². The number of allylic oxidation sites excluding steroid dienone is 3. The molecule has 2 rings (SSSR count). The molecule has 1 aliphatic heterocycles. The van der Waals surface area contributed by atoms with Gasteiger partial charge in [-0.15, -0.1) is 0 Å². The van der Waals surface area contributed by atoms with Gasteiger partial charge in [0, 0.05) is 22.2 Å². The van der Waals surface area contributed by atoms with E-state index in [2.05, 4.69) is 67.3 Å². The molecule has 0 radical (unpaired) electrons. The smallest absolute Gasteiger partial charge is 0.0363 e. The van der Waals surface area contributed by atoms with Gasteiger partial charge in [-0.1, -0.05) is 42.5 Å². The fourth-order valence-electron chi connectivity index (χ4n) is 2.76. The zero-order valence-corrected chi connectivity index (χ0v) is 12.9. The maximum absolute atomic E-state index is 2.57. The topological polar surface area (TPSA) is 3.24 Å². The van der Waals surface area contributed by atoms with E-state index in [4.69, 9.17) is 0 Å². The SMILES string of the molecule is CC(C)N1CCC(C)(C)C2=C1C=CC(I)C2. The summed E-state index contributed by atoms with van der Waals surface area (Å²) < 4.78 is 0.683. The van der Waals surface area contributed by atoms with Crippen molar-refractivity contribution in [1.29, 1.82) is 0 Å². The van der Waals surface area contributed by atoms with Gasteiger partial charge in [-0.3, -0.25) is 0 Å². The Kier molecular flexibility index (Phi) is 3.39. The molecule has 1 heterocycles. The van der Waals surface area contributed by atoms with Gasteiger partial charge < -0.3 is 4.90 Å². The number of hydrogen-bond donors (Lipinski definition) is 0. The standard InChI is InChI=1S/C14H22IN/c1-10(2)16-8-7-14(3,4)12-9-11(15)5-6-13(12)16/h5-6,10-11H,7-9H2,1-4H3. The second-order valence-corrected chi connectivity index (χ2v) is 7.46. The molecule has 0 amide bonds. The highest BCUT2D eigenvalue weighted by Gasteiger charge is 2.35. The Morgan fingerprint density at radius 1 is 1.44 bits per heavy atom. The van der Waals surface area contributed by atoms with E-state index in [1.54, 1.807) is 5.57 Å². The Hall–Kier alpha value is 0.01000. The van der Waals surface area contributed by atoms with Gasteiger partial charge in [0.1, 0.15) is 0 Å². The molecule has 0 aromatic heterocycles. The van der Waals surface area contributed by atoms with E-state index in [1.165, 1.54) is 25.1 Å².